The molecule has 1 amide bonds. The summed E-state index contributed by atoms with van der Waals surface area (Å²) in [4.78, 5) is 12.2. The number of carbonyl (C=O) groups is 1. The zero-order valence-electron chi connectivity index (χ0n) is 14.7. The van der Waals surface area contributed by atoms with Crippen molar-refractivity contribution in [1.82, 2.24) is 9.62 Å². The number of nitrogens with one attached hydrogen (secondary N) is 1. The molecule has 2 rings (SSSR count). The van der Waals surface area contributed by atoms with E-state index < -0.39 is 10.0 Å². The third kappa shape index (κ3) is 6.18. The molecular weight excluding hydrogens is 336 g/mol. The Morgan fingerprint density at radius 2 is 1.92 bits per heavy atom. The lowest BCUT2D eigenvalue weighted by Gasteiger charge is -2.30. The number of sulfonamides is 1. The van der Waals surface area contributed by atoms with Gasteiger partial charge in [0.15, 0.2) is 0 Å². The first-order valence-electron chi connectivity index (χ1n) is 8.82. The molecule has 0 atom stereocenters. The highest BCUT2D eigenvalue weighted by Gasteiger charge is 2.30. The summed E-state index contributed by atoms with van der Waals surface area (Å²) in [6.07, 6.45) is 2.69. The van der Waals surface area contributed by atoms with E-state index in [4.69, 9.17) is 0 Å². The van der Waals surface area contributed by atoms with Crippen LogP contribution in [0.1, 0.15) is 38.2 Å². The van der Waals surface area contributed by atoms with Crippen molar-refractivity contribution in [2.75, 3.05) is 25.4 Å². The number of rotatable bonds is 6. The number of benzene rings is 1. The summed E-state index contributed by atoms with van der Waals surface area (Å²) in [7, 11) is -3.17. The summed E-state index contributed by atoms with van der Waals surface area (Å²) in [5.41, 5.74) is 0.919. The van der Waals surface area contributed by atoms with E-state index >= 15 is 0 Å². The van der Waals surface area contributed by atoms with Crippen LogP contribution in [0.3, 0.4) is 0 Å². The van der Waals surface area contributed by atoms with Gasteiger partial charge in [0.1, 0.15) is 0 Å². The van der Waals surface area contributed by atoms with Crippen molar-refractivity contribution in [3.8, 4) is 11.8 Å². The number of amides is 1. The Kier molecular flexibility index (Phi) is 7.48. The normalized spacial score (nSPS) is 16.0. The van der Waals surface area contributed by atoms with Crippen LogP contribution < -0.4 is 5.32 Å². The van der Waals surface area contributed by atoms with Crippen molar-refractivity contribution in [2.45, 2.75) is 32.6 Å². The molecule has 0 aliphatic carbocycles. The smallest absolute Gasteiger partial charge is 0.223 e. The standard InChI is InChI=1S/C19H26N2O3S/c1-2-3-16-25(23,24)21-14-11-18(12-15-21)19(22)20-13-7-10-17-8-5-4-6-9-17/h4-6,8-9,18H,2-3,11-16H2,1H3,(H,20,22). The molecule has 0 radical (unpaired) electrons. The first kappa shape index (κ1) is 19.5. The molecule has 1 N–H and O–H groups in total. The van der Waals surface area contributed by atoms with E-state index in [0.717, 1.165) is 12.0 Å². The van der Waals surface area contributed by atoms with Gasteiger partial charge in [-0.25, -0.2) is 12.7 Å². The Hall–Kier alpha value is -1.84. The molecule has 136 valence electrons. The van der Waals surface area contributed by atoms with Crippen molar-refractivity contribution < 1.29 is 13.2 Å². The Morgan fingerprint density at radius 1 is 1.24 bits per heavy atom. The largest absolute Gasteiger partial charge is 0.345 e. The second kappa shape index (κ2) is 9.59. The van der Waals surface area contributed by atoms with Gasteiger partial charge in [-0.1, -0.05) is 43.4 Å². The third-order valence-electron chi connectivity index (χ3n) is 4.33. The number of piperidine rings is 1. The predicted octanol–water partition coefficient (Wildman–Crippen LogP) is 2.00. The molecule has 1 saturated heterocycles. The maximum atomic E-state index is 12.2. The van der Waals surface area contributed by atoms with Gasteiger partial charge in [0, 0.05) is 24.6 Å². The zero-order chi connectivity index (χ0) is 18.1. The fraction of sp³-hybridized carbons (Fsp3) is 0.526. The molecule has 1 aromatic rings. The van der Waals surface area contributed by atoms with Crippen molar-refractivity contribution in [2.24, 2.45) is 5.92 Å². The molecule has 1 aromatic carbocycles. The lowest BCUT2D eigenvalue weighted by molar-refractivity contribution is -0.125. The third-order valence-corrected chi connectivity index (χ3v) is 6.29. The minimum Gasteiger partial charge on any atom is -0.345 e. The molecule has 6 heteroatoms. The molecule has 5 nitrogen and oxygen atoms in total. The zero-order valence-corrected chi connectivity index (χ0v) is 15.5. The quantitative estimate of drug-likeness (QED) is 0.787. The summed E-state index contributed by atoms with van der Waals surface area (Å²) >= 11 is 0. The molecule has 0 aromatic heterocycles. The van der Waals surface area contributed by atoms with Crippen molar-refractivity contribution >= 4 is 15.9 Å². The molecule has 1 aliphatic heterocycles. The molecule has 1 aliphatic rings. The van der Waals surface area contributed by atoms with Crippen LogP contribution in [0.15, 0.2) is 30.3 Å². The van der Waals surface area contributed by atoms with Crippen LogP contribution in [-0.2, 0) is 14.8 Å². The summed E-state index contributed by atoms with van der Waals surface area (Å²) < 4.78 is 25.9. The molecule has 0 spiro atoms. The lowest BCUT2D eigenvalue weighted by atomic mass is 9.97. The van der Waals surface area contributed by atoms with Gasteiger partial charge in [-0.3, -0.25) is 4.79 Å². The fourth-order valence-electron chi connectivity index (χ4n) is 2.80. The van der Waals surface area contributed by atoms with Gasteiger partial charge in [-0.05, 0) is 31.4 Å². The minimum absolute atomic E-state index is 0.0343. The lowest BCUT2D eigenvalue weighted by Crippen LogP contribution is -2.43. The Balaban J connectivity index is 1.75. The van der Waals surface area contributed by atoms with Gasteiger partial charge in [-0.2, -0.15) is 0 Å². The monoisotopic (exact) mass is 362 g/mol. The van der Waals surface area contributed by atoms with Crippen LogP contribution in [0.2, 0.25) is 0 Å². The van der Waals surface area contributed by atoms with Crippen molar-refractivity contribution in [3.05, 3.63) is 35.9 Å². The van der Waals surface area contributed by atoms with E-state index in [1.165, 1.54) is 4.31 Å². The first-order valence-corrected chi connectivity index (χ1v) is 10.4. The highest BCUT2D eigenvalue weighted by molar-refractivity contribution is 7.89. The highest BCUT2D eigenvalue weighted by Crippen LogP contribution is 2.20. The van der Waals surface area contributed by atoms with Crippen LogP contribution >= 0.6 is 0 Å². The molecule has 1 fully saturated rings. The van der Waals surface area contributed by atoms with Crippen LogP contribution in [0.5, 0.6) is 0 Å². The second-order valence-electron chi connectivity index (χ2n) is 6.23. The van der Waals surface area contributed by atoms with Gasteiger partial charge in [0.2, 0.25) is 15.9 Å². The van der Waals surface area contributed by atoms with Crippen LogP contribution in [0, 0.1) is 17.8 Å². The molecule has 1 heterocycles. The summed E-state index contributed by atoms with van der Waals surface area (Å²) in [5, 5.41) is 2.83. The number of hydrogen-bond donors (Lipinski definition) is 1. The summed E-state index contributed by atoms with van der Waals surface area (Å²) in [6.45, 7) is 3.15. The number of unbranched alkanes of at least 4 members (excludes halogenated alkanes) is 1. The topological polar surface area (TPSA) is 66.5 Å². The van der Waals surface area contributed by atoms with E-state index in [9.17, 15) is 13.2 Å². The predicted molar refractivity (Wildman–Crippen MR) is 99.3 cm³/mol. The van der Waals surface area contributed by atoms with E-state index in [1.54, 1.807) is 0 Å². The van der Waals surface area contributed by atoms with E-state index in [0.29, 0.717) is 38.9 Å². The van der Waals surface area contributed by atoms with Gasteiger partial charge in [0.05, 0.1) is 12.3 Å². The van der Waals surface area contributed by atoms with Crippen molar-refractivity contribution in [3.63, 3.8) is 0 Å². The van der Waals surface area contributed by atoms with E-state index in [-0.39, 0.29) is 17.6 Å². The van der Waals surface area contributed by atoms with Gasteiger partial charge in [0.25, 0.3) is 0 Å². The maximum Gasteiger partial charge on any atom is 0.223 e. The van der Waals surface area contributed by atoms with Crippen LogP contribution in [-0.4, -0.2) is 44.0 Å². The van der Waals surface area contributed by atoms with Crippen molar-refractivity contribution in [1.29, 1.82) is 0 Å². The van der Waals surface area contributed by atoms with Gasteiger partial charge >= 0.3 is 0 Å². The van der Waals surface area contributed by atoms with Crippen LogP contribution in [0.4, 0.5) is 0 Å². The number of nitrogens with zero attached hydrogens (tertiary/aromatic N) is 1. The highest BCUT2D eigenvalue weighted by atomic mass is 32.2. The summed E-state index contributed by atoms with van der Waals surface area (Å²) in [5.74, 6) is 5.98. The second-order valence-corrected chi connectivity index (χ2v) is 8.32. The maximum absolute atomic E-state index is 12.2. The molecule has 0 saturated carbocycles. The average molecular weight is 362 g/mol. The molecular formula is C19H26N2O3S. The van der Waals surface area contributed by atoms with Crippen LogP contribution in [0.25, 0.3) is 0 Å². The SMILES string of the molecule is CCCCS(=O)(=O)N1CCC(C(=O)NCC#Cc2ccccc2)CC1. The fourth-order valence-corrected chi connectivity index (χ4v) is 4.47. The van der Waals surface area contributed by atoms with E-state index in [1.807, 2.05) is 37.3 Å². The average Bonchev–Trinajstić information content (AvgIpc) is 2.64. The number of carbonyl (C=O) groups excluding carboxylic acids is 1. The minimum atomic E-state index is -3.17. The first-order chi connectivity index (χ1) is 12.0. The Labute approximate surface area is 150 Å². The molecule has 0 unspecified atom stereocenters. The van der Waals surface area contributed by atoms with Gasteiger partial charge in [-0.15, -0.1) is 0 Å². The van der Waals surface area contributed by atoms with Gasteiger partial charge < -0.3 is 5.32 Å². The van der Waals surface area contributed by atoms with E-state index in [2.05, 4.69) is 17.2 Å². The number of hydrogen-bond acceptors (Lipinski definition) is 3. The molecule has 0 bridgehead atoms. The summed E-state index contributed by atoms with van der Waals surface area (Å²) in [6, 6.07) is 9.62. The Bertz CT molecular complexity index is 712. The molecule has 25 heavy (non-hydrogen) atoms. The Morgan fingerprint density at radius 3 is 2.56 bits per heavy atom.